The van der Waals surface area contributed by atoms with E-state index in [1.807, 2.05) is 42.0 Å². The molecule has 0 radical (unpaired) electrons. The zero-order valence-corrected chi connectivity index (χ0v) is 20.7. The number of imide groups is 1. The summed E-state index contributed by atoms with van der Waals surface area (Å²) >= 11 is 0. The highest BCUT2D eigenvalue weighted by Gasteiger charge is 2.39. The molecule has 1 fully saturated rings. The highest BCUT2D eigenvalue weighted by atomic mass is 16.5. The maximum atomic E-state index is 13.2. The van der Waals surface area contributed by atoms with Crippen molar-refractivity contribution in [3.63, 3.8) is 0 Å². The molecule has 5 rings (SSSR count). The van der Waals surface area contributed by atoms with Gasteiger partial charge in [-0.15, -0.1) is 0 Å². The van der Waals surface area contributed by atoms with Crippen molar-refractivity contribution in [1.82, 2.24) is 19.8 Å². The standard InChI is InChI=1S/C28H26N4O5/c1-16-12-22(17(2)32(16)20-10-8-18(9-11-20)27(35)37-3)25(33)15-31-26(34)24(30-28(31)36)13-19-14-29-23-7-5-4-6-21(19)23/h4-12,14,24,29H,13,15H2,1-3H3,(H,30,36). The number of ether oxygens (including phenoxy) is 1. The fraction of sp³-hybridized carbons (Fsp3) is 0.214. The molecule has 0 aliphatic carbocycles. The summed E-state index contributed by atoms with van der Waals surface area (Å²) in [7, 11) is 1.32. The van der Waals surface area contributed by atoms with Gasteiger partial charge in [0.25, 0.3) is 5.91 Å². The van der Waals surface area contributed by atoms with Crippen molar-refractivity contribution in [3.05, 3.63) is 88.9 Å². The first-order valence-electron chi connectivity index (χ1n) is 11.9. The van der Waals surface area contributed by atoms with E-state index in [9.17, 15) is 19.2 Å². The van der Waals surface area contributed by atoms with Crippen molar-refractivity contribution in [1.29, 1.82) is 0 Å². The van der Waals surface area contributed by atoms with Gasteiger partial charge in [-0.05, 0) is 55.8 Å². The molecule has 4 aromatic rings. The molecule has 1 aliphatic heterocycles. The molecule has 1 atom stereocenters. The van der Waals surface area contributed by atoms with E-state index >= 15 is 0 Å². The Morgan fingerprint density at radius 2 is 1.76 bits per heavy atom. The largest absolute Gasteiger partial charge is 0.465 e. The first-order valence-corrected chi connectivity index (χ1v) is 11.9. The number of para-hydroxylation sites is 1. The molecule has 3 heterocycles. The number of carbonyl (C=O) groups excluding carboxylic acids is 4. The maximum absolute atomic E-state index is 13.2. The number of nitrogens with one attached hydrogen (secondary N) is 2. The highest BCUT2D eigenvalue weighted by Crippen LogP contribution is 2.24. The predicted molar refractivity (Wildman–Crippen MR) is 137 cm³/mol. The first kappa shape index (κ1) is 24.1. The van der Waals surface area contributed by atoms with Crippen LogP contribution < -0.4 is 5.32 Å². The van der Waals surface area contributed by atoms with Crippen LogP contribution in [-0.4, -0.2) is 57.8 Å². The third kappa shape index (κ3) is 4.29. The van der Waals surface area contributed by atoms with E-state index in [1.165, 1.54) is 7.11 Å². The lowest BCUT2D eigenvalue weighted by Crippen LogP contribution is -2.36. The van der Waals surface area contributed by atoms with Crippen LogP contribution in [0.2, 0.25) is 0 Å². The molecule has 37 heavy (non-hydrogen) atoms. The lowest BCUT2D eigenvalue weighted by Gasteiger charge is -2.13. The topological polar surface area (TPSA) is 114 Å². The Morgan fingerprint density at radius 3 is 2.49 bits per heavy atom. The average Bonchev–Trinajstić information content (AvgIpc) is 3.53. The number of rotatable bonds is 7. The molecule has 188 valence electrons. The molecule has 1 aliphatic rings. The Kier molecular flexibility index (Phi) is 6.12. The summed E-state index contributed by atoms with van der Waals surface area (Å²) in [5.74, 6) is -1.18. The minimum absolute atomic E-state index is 0.329. The van der Waals surface area contributed by atoms with E-state index in [4.69, 9.17) is 4.74 Å². The minimum atomic E-state index is -0.736. The number of H-pyrrole nitrogens is 1. The Hall–Kier alpha value is -4.66. The van der Waals surface area contributed by atoms with Crippen LogP contribution in [0, 0.1) is 13.8 Å². The zero-order chi connectivity index (χ0) is 26.3. The molecule has 9 nitrogen and oxygen atoms in total. The molecule has 0 saturated carbocycles. The van der Waals surface area contributed by atoms with Crippen LogP contribution >= 0.6 is 0 Å². The van der Waals surface area contributed by atoms with Crippen LogP contribution in [0.3, 0.4) is 0 Å². The maximum Gasteiger partial charge on any atom is 0.337 e. The summed E-state index contributed by atoms with van der Waals surface area (Å²) < 4.78 is 6.63. The molecular weight excluding hydrogens is 472 g/mol. The normalized spacial score (nSPS) is 15.3. The van der Waals surface area contributed by atoms with Crippen molar-refractivity contribution >= 4 is 34.6 Å². The van der Waals surface area contributed by atoms with Crippen molar-refractivity contribution in [2.24, 2.45) is 0 Å². The smallest absolute Gasteiger partial charge is 0.337 e. The van der Waals surface area contributed by atoms with Crippen LogP contribution in [-0.2, 0) is 16.0 Å². The van der Waals surface area contributed by atoms with Crippen LogP contribution in [0.5, 0.6) is 0 Å². The van der Waals surface area contributed by atoms with E-state index in [-0.39, 0.29) is 12.3 Å². The number of carbonyl (C=O) groups is 4. The number of urea groups is 1. The van der Waals surface area contributed by atoms with Gasteiger partial charge in [0.2, 0.25) is 0 Å². The number of ketones is 1. The molecule has 1 unspecified atom stereocenters. The summed E-state index contributed by atoms with van der Waals surface area (Å²) in [6.45, 7) is 3.32. The van der Waals surface area contributed by atoms with Gasteiger partial charge in [0, 0.05) is 46.2 Å². The lowest BCUT2D eigenvalue weighted by atomic mass is 10.0. The molecule has 2 aromatic heterocycles. The second-order valence-corrected chi connectivity index (χ2v) is 9.07. The Balaban J connectivity index is 1.32. The fourth-order valence-electron chi connectivity index (χ4n) is 4.92. The van der Waals surface area contributed by atoms with E-state index < -0.39 is 23.9 Å². The molecule has 9 heteroatoms. The molecule has 3 amide bonds. The molecule has 0 spiro atoms. The molecule has 2 N–H and O–H groups in total. The van der Waals surface area contributed by atoms with E-state index in [0.717, 1.165) is 32.7 Å². The summed E-state index contributed by atoms with van der Waals surface area (Å²) in [4.78, 5) is 54.8. The number of Topliss-reactive ketones (excluding diaryl/α,β-unsaturated/α-hetero) is 1. The van der Waals surface area contributed by atoms with Crippen molar-refractivity contribution in [3.8, 4) is 5.69 Å². The quantitative estimate of drug-likeness (QED) is 0.229. The monoisotopic (exact) mass is 498 g/mol. The number of hydrogen-bond donors (Lipinski definition) is 2. The van der Waals surface area contributed by atoms with Crippen molar-refractivity contribution < 1.29 is 23.9 Å². The number of nitrogens with zero attached hydrogens (tertiary/aromatic N) is 2. The third-order valence-corrected chi connectivity index (χ3v) is 6.79. The lowest BCUT2D eigenvalue weighted by molar-refractivity contribution is -0.127. The second-order valence-electron chi connectivity index (χ2n) is 9.07. The number of methoxy groups -OCH3 is 1. The number of aromatic nitrogens is 2. The molecule has 0 bridgehead atoms. The van der Waals surface area contributed by atoms with Gasteiger partial charge in [0.15, 0.2) is 5.78 Å². The summed E-state index contributed by atoms with van der Waals surface area (Å²) in [6, 6.07) is 15.0. The van der Waals surface area contributed by atoms with Crippen LogP contribution in [0.15, 0.2) is 60.8 Å². The highest BCUT2D eigenvalue weighted by molar-refractivity contribution is 6.10. The molecule has 2 aromatic carbocycles. The number of amides is 3. The number of aromatic amines is 1. The Labute approximate surface area is 213 Å². The van der Waals surface area contributed by atoms with E-state index in [0.29, 0.717) is 23.2 Å². The van der Waals surface area contributed by atoms with Crippen LogP contribution in [0.1, 0.15) is 37.7 Å². The Morgan fingerprint density at radius 1 is 1.03 bits per heavy atom. The van der Waals surface area contributed by atoms with Gasteiger partial charge in [-0.1, -0.05) is 18.2 Å². The number of aryl methyl sites for hydroxylation is 1. The fourth-order valence-corrected chi connectivity index (χ4v) is 4.92. The van der Waals surface area contributed by atoms with Crippen LogP contribution in [0.25, 0.3) is 16.6 Å². The van der Waals surface area contributed by atoms with Gasteiger partial charge in [-0.2, -0.15) is 0 Å². The van der Waals surface area contributed by atoms with Gasteiger partial charge < -0.3 is 19.6 Å². The summed E-state index contributed by atoms with van der Waals surface area (Å²) in [6.07, 6.45) is 2.17. The minimum Gasteiger partial charge on any atom is -0.465 e. The first-order chi connectivity index (χ1) is 17.8. The number of fused-ring (bicyclic) bond motifs is 1. The number of benzene rings is 2. The molecule has 1 saturated heterocycles. The summed E-state index contributed by atoms with van der Waals surface area (Å²) in [5.41, 5.74) is 4.98. The van der Waals surface area contributed by atoms with E-state index in [2.05, 4.69) is 10.3 Å². The van der Waals surface area contributed by atoms with Crippen molar-refractivity contribution in [2.45, 2.75) is 26.3 Å². The SMILES string of the molecule is COC(=O)c1ccc(-n2c(C)cc(C(=O)CN3C(=O)NC(Cc4c[nH]c5ccccc45)C3=O)c2C)cc1. The third-order valence-electron chi connectivity index (χ3n) is 6.79. The van der Waals surface area contributed by atoms with Gasteiger partial charge in [-0.3, -0.25) is 14.5 Å². The number of esters is 1. The predicted octanol–water partition coefficient (Wildman–Crippen LogP) is 3.71. The number of hydrogen-bond acceptors (Lipinski definition) is 5. The van der Waals surface area contributed by atoms with Gasteiger partial charge in [0.1, 0.15) is 6.04 Å². The molecular formula is C28H26N4O5. The van der Waals surface area contributed by atoms with Gasteiger partial charge in [-0.25, -0.2) is 9.59 Å². The van der Waals surface area contributed by atoms with Crippen molar-refractivity contribution in [2.75, 3.05) is 13.7 Å². The second kappa shape index (κ2) is 9.42. The zero-order valence-electron chi connectivity index (χ0n) is 20.7. The van der Waals surface area contributed by atoms with Crippen LogP contribution in [0.4, 0.5) is 4.79 Å². The Bertz CT molecular complexity index is 1550. The van der Waals surface area contributed by atoms with Gasteiger partial charge in [0.05, 0.1) is 19.2 Å². The summed E-state index contributed by atoms with van der Waals surface area (Å²) in [5, 5.41) is 3.71. The van der Waals surface area contributed by atoms with Gasteiger partial charge >= 0.3 is 12.0 Å². The van der Waals surface area contributed by atoms with E-state index in [1.54, 1.807) is 37.3 Å². The average molecular weight is 499 g/mol.